The summed E-state index contributed by atoms with van der Waals surface area (Å²) < 4.78 is 1.97. The van der Waals surface area contributed by atoms with Crippen molar-refractivity contribution in [2.24, 2.45) is 12.8 Å². The van der Waals surface area contributed by atoms with Gasteiger partial charge in [-0.1, -0.05) is 6.07 Å². The molecular weight excluding hydrogens is 232 g/mol. The molecule has 0 amide bonds. The standard InChI is InChI=1S/C12H16N4S/c1-9(13)7-10-3-4-11(15-8-10)17-12-14-5-6-16(12)2/h3-6,8-9H,7,13H2,1-2H3. The number of hydrogen-bond donors (Lipinski definition) is 1. The van der Waals surface area contributed by atoms with Crippen LogP contribution in [0.15, 0.2) is 40.9 Å². The summed E-state index contributed by atoms with van der Waals surface area (Å²) in [6.07, 6.45) is 6.45. The van der Waals surface area contributed by atoms with E-state index < -0.39 is 0 Å². The number of nitrogens with zero attached hydrogens (tertiary/aromatic N) is 3. The van der Waals surface area contributed by atoms with Crippen molar-refractivity contribution < 1.29 is 0 Å². The Bertz CT molecular complexity index is 476. The zero-order valence-corrected chi connectivity index (χ0v) is 10.8. The molecule has 5 heteroatoms. The van der Waals surface area contributed by atoms with Gasteiger partial charge in [-0.3, -0.25) is 0 Å². The maximum atomic E-state index is 5.75. The van der Waals surface area contributed by atoms with Crippen LogP contribution in [0.5, 0.6) is 0 Å². The van der Waals surface area contributed by atoms with Crippen molar-refractivity contribution in [3.05, 3.63) is 36.3 Å². The summed E-state index contributed by atoms with van der Waals surface area (Å²) in [6.45, 7) is 2.00. The summed E-state index contributed by atoms with van der Waals surface area (Å²) in [5.41, 5.74) is 6.92. The Kier molecular flexibility index (Phi) is 3.81. The highest BCUT2D eigenvalue weighted by Gasteiger charge is 2.04. The Morgan fingerprint density at radius 1 is 1.41 bits per heavy atom. The first-order valence-corrected chi connectivity index (χ1v) is 6.32. The van der Waals surface area contributed by atoms with Gasteiger partial charge in [0.25, 0.3) is 0 Å². The summed E-state index contributed by atoms with van der Waals surface area (Å²) in [6, 6.07) is 4.25. The van der Waals surface area contributed by atoms with E-state index in [2.05, 4.69) is 16.0 Å². The SMILES string of the molecule is CC(N)Cc1ccc(Sc2nccn2C)nc1. The van der Waals surface area contributed by atoms with Crippen molar-refractivity contribution >= 4 is 11.8 Å². The molecule has 0 aliphatic heterocycles. The van der Waals surface area contributed by atoms with Crippen LogP contribution in [0.25, 0.3) is 0 Å². The molecule has 0 saturated carbocycles. The van der Waals surface area contributed by atoms with Crippen LogP contribution in [0.3, 0.4) is 0 Å². The van der Waals surface area contributed by atoms with Gasteiger partial charge in [0.15, 0.2) is 5.16 Å². The van der Waals surface area contributed by atoms with E-state index in [4.69, 9.17) is 5.73 Å². The number of imidazole rings is 1. The number of aromatic nitrogens is 3. The molecule has 2 aromatic rings. The van der Waals surface area contributed by atoms with Gasteiger partial charge < -0.3 is 10.3 Å². The minimum Gasteiger partial charge on any atom is -0.329 e. The lowest BCUT2D eigenvalue weighted by molar-refractivity contribution is 0.733. The summed E-state index contributed by atoms with van der Waals surface area (Å²) in [7, 11) is 1.97. The largest absolute Gasteiger partial charge is 0.329 e. The van der Waals surface area contributed by atoms with E-state index in [-0.39, 0.29) is 6.04 Å². The number of pyridine rings is 1. The number of hydrogen-bond acceptors (Lipinski definition) is 4. The molecule has 2 aromatic heterocycles. The molecule has 0 saturated heterocycles. The van der Waals surface area contributed by atoms with Gasteiger partial charge in [0.05, 0.1) is 0 Å². The average molecular weight is 248 g/mol. The zero-order chi connectivity index (χ0) is 12.3. The summed E-state index contributed by atoms with van der Waals surface area (Å²) in [4.78, 5) is 8.65. The first-order chi connectivity index (χ1) is 8.15. The molecule has 2 rings (SSSR count). The Balaban J connectivity index is 2.06. The van der Waals surface area contributed by atoms with Gasteiger partial charge >= 0.3 is 0 Å². The third-order valence-electron chi connectivity index (χ3n) is 2.33. The smallest absolute Gasteiger partial charge is 0.174 e. The van der Waals surface area contributed by atoms with Crippen LogP contribution in [0.4, 0.5) is 0 Å². The van der Waals surface area contributed by atoms with Crippen LogP contribution in [-0.2, 0) is 13.5 Å². The Hall–Kier alpha value is -1.33. The number of rotatable bonds is 4. The van der Waals surface area contributed by atoms with Crippen LogP contribution in [0, 0.1) is 0 Å². The highest BCUT2D eigenvalue weighted by molar-refractivity contribution is 7.99. The van der Waals surface area contributed by atoms with Gasteiger partial charge in [-0.05, 0) is 36.7 Å². The monoisotopic (exact) mass is 248 g/mol. The molecule has 17 heavy (non-hydrogen) atoms. The molecule has 1 unspecified atom stereocenters. The van der Waals surface area contributed by atoms with Crippen molar-refractivity contribution in [1.82, 2.24) is 14.5 Å². The third kappa shape index (κ3) is 3.31. The summed E-state index contributed by atoms with van der Waals surface area (Å²) in [5, 5.41) is 1.89. The average Bonchev–Trinajstić information content (AvgIpc) is 2.67. The van der Waals surface area contributed by atoms with Crippen molar-refractivity contribution in [2.45, 2.75) is 29.6 Å². The number of nitrogens with two attached hydrogens (primary N) is 1. The van der Waals surface area contributed by atoms with Crippen LogP contribution in [-0.4, -0.2) is 20.6 Å². The first kappa shape index (κ1) is 12.1. The summed E-state index contributed by atoms with van der Waals surface area (Å²) >= 11 is 1.56. The topological polar surface area (TPSA) is 56.7 Å². The van der Waals surface area contributed by atoms with Crippen LogP contribution >= 0.6 is 11.8 Å². The molecule has 2 N–H and O–H groups in total. The molecule has 0 bridgehead atoms. The van der Waals surface area contributed by atoms with Gasteiger partial charge in [-0.25, -0.2) is 9.97 Å². The molecule has 0 aliphatic carbocycles. The van der Waals surface area contributed by atoms with Crippen molar-refractivity contribution in [2.75, 3.05) is 0 Å². The van der Waals surface area contributed by atoms with Gasteiger partial charge in [0, 0.05) is 31.7 Å². The number of aryl methyl sites for hydroxylation is 1. The molecule has 4 nitrogen and oxygen atoms in total. The van der Waals surface area contributed by atoms with E-state index in [9.17, 15) is 0 Å². The predicted molar refractivity (Wildman–Crippen MR) is 68.9 cm³/mol. The van der Waals surface area contributed by atoms with E-state index >= 15 is 0 Å². The normalized spacial score (nSPS) is 12.6. The van der Waals surface area contributed by atoms with E-state index in [1.807, 2.05) is 37.0 Å². The summed E-state index contributed by atoms with van der Waals surface area (Å²) in [5.74, 6) is 0. The quantitative estimate of drug-likeness (QED) is 0.897. The minimum absolute atomic E-state index is 0.171. The van der Waals surface area contributed by atoms with Crippen molar-refractivity contribution in [3.8, 4) is 0 Å². The first-order valence-electron chi connectivity index (χ1n) is 5.51. The second-order valence-electron chi connectivity index (χ2n) is 4.11. The zero-order valence-electron chi connectivity index (χ0n) is 10.00. The molecule has 90 valence electrons. The highest BCUT2D eigenvalue weighted by Crippen LogP contribution is 2.23. The molecule has 2 heterocycles. The minimum atomic E-state index is 0.171. The molecule has 0 radical (unpaired) electrons. The fourth-order valence-electron chi connectivity index (χ4n) is 1.51. The van der Waals surface area contributed by atoms with E-state index in [1.54, 1.807) is 18.0 Å². The Labute approximate surface area is 105 Å². The Morgan fingerprint density at radius 3 is 2.76 bits per heavy atom. The van der Waals surface area contributed by atoms with E-state index in [0.717, 1.165) is 16.6 Å². The van der Waals surface area contributed by atoms with Crippen LogP contribution in [0.2, 0.25) is 0 Å². The fraction of sp³-hybridized carbons (Fsp3) is 0.333. The van der Waals surface area contributed by atoms with Crippen molar-refractivity contribution in [1.29, 1.82) is 0 Å². The lowest BCUT2D eigenvalue weighted by atomic mass is 10.1. The molecular formula is C12H16N4S. The third-order valence-corrected chi connectivity index (χ3v) is 3.35. The van der Waals surface area contributed by atoms with Crippen LogP contribution < -0.4 is 5.73 Å². The van der Waals surface area contributed by atoms with Gasteiger partial charge in [-0.15, -0.1) is 0 Å². The van der Waals surface area contributed by atoms with E-state index in [1.165, 1.54) is 5.56 Å². The van der Waals surface area contributed by atoms with Gasteiger partial charge in [-0.2, -0.15) is 0 Å². The van der Waals surface area contributed by atoms with Crippen LogP contribution in [0.1, 0.15) is 12.5 Å². The lowest BCUT2D eigenvalue weighted by Gasteiger charge is -2.05. The molecule has 0 spiro atoms. The Morgan fingerprint density at radius 2 is 2.24 bits per heavy atom. The maximum Gasteiger partial charge on any atom is 0.174 e. The predicted octanol–water partition coefficient (Wildman–Crippen LogP) is 1.86. The molecule has 1 atom stereocenters. The second-order valence-corrected chi connectivity index (χ2v) is 5.10. The maximum absolute atomic E-state index is 5.75. The van der Waals surface area contributed by atoms with Gasteiger partial charge in [0.2, 0.25) is 0 Å². The highest BCUT2D eigenvalue weighted by atomic mass is 32.2. The second kappa shape index (κ2) is 5.33. The lowest BCUT2D eigenvalue weighted by Crippen LogP contribution is -2.17. The molecule has 0 aromatic carbocycles. The van der Waals surface area contributed by atoms with Gasteiger partial charge in [0.1, 0.15) is 5.03 Å². The van der Waals surface area contributed by atoms with E-state index in [0.29, 0.717) is 0 Å². The van der Waals surface area contributed by atoms with Crippen molar-refractivity contribution in [3.63, 3.8) is 0 Å². The molecule has 0 aliphatic rings. The fourth-order valence-corrected chi connectivity index (χ4v) is 2.25. The molecule has 0 fully saturated rings.